The van der Waals surface area contributed by atoms with E-state index in [0.717, 1.165) is 18.4 Å². The van der Waals surface area contributed by atoms with Crippen LogP contribution in [-0.4, -0.2) is 46.7 Å². The largest absolute Gasteiger partial charge is 0.349 e. The normalized spacial score (nSPS) is 14.2. The summed E-state index contributed by atoms with van der Waals surface area (Å²) in [5, 5.41) is 10.0. The Balaban J connectivity index is 1.24. The number of anilines is 1. The highest BCUT2D eigenvalue weighted by Crippen LogP contribution is 2.20. The molecule has 1 aromatic carbocycles. The molecule has 1 saturated heterocycles. The molecule has 9 heteroatoms. The van der Waals surface area contributed by atoms with Crippen LogP contribution in [0.2, 0.25) is 0 Å². The zero-order valence-electron chi connectivity index (χ0n) is 17.7. The minimum Gasteiger partial charge on any atom is -0.349 e. The molecule has 2 aromatic heterocycles. The van der Waals surface area contributed by atoms with Crippen molar-refractivity contribution in [3.63, 3.8) is 0 Å². The molecule has 0 aliphatic carbocycles. The summed E-state index contributed by atoms with van der Waals surface area (Å²) in [5.74, 6) is -0.246. The third kappa shape index (κ3) is 5.41. The molecule has 0 atom stereocenters. The maximum absolute atomic E-state index is 12.7. The lowest BCUT2D eigenvalue weighted by atomic mass is 10.0. The van der Waals surface area contributed by atoms with Gasteiger partial charge in [-0.05, 0) is 42.8 Å². The molecule has 0 bridgehead atoms. The Kier molecular flexibility index (Phi) is 6.96. The van der Waals surface area contributed by atoms with Gasteiger partial charge in [-0.15, -0.1) is 22.7 Å². The lowest BCUT2D eigenvalue weighted by Gasteiger charge is -2.32. The van der Waals surface area contributed by atoms with Gasteiger partial charge in [0.15, 0.2) is 5.13 Å². The topological polar surface area (TPSA) is 91.4 Å². The van der Waals surface area contributed by atoms with Crippen molar-refractivity contribution in [2.24, 2.45) is 0 Å². The molecule has 32 heavy (non-hydrogen) atoms. The number of aryl methyl sites for hydroxylation is 1. The number of nitrogens with one attached hydrogen (secondary N) is 2. The van der Waals surface area contributed by atoms with Crippen molar-refractivity contribution < 1.29 is 14.4 Å². The molecule has 0 radical (unpaired) electrons. The second-order valence-electron chi connectivity index (χ2n) is 7.70. The van der Waals surface area contributed by atoms with Gasteiger partial charge >= 0.3 is 0 Å². The van der Waals surface area contributed by atoms with Gasteiger partial charge in [0.2, 0.25) is 5.91 Å². The summed E-state index contributed by atoms with van der Waals surface area (Å²) in [7, 11) is 0. The van der Waals surface area contributed by atoms with Gasteiger partial charge in [0.05, 0.1) is 17.0 Å². The number of thiophene rings is 1. The number of amides is 3. The first-order chi connectivity index (χ1) is 15.5. The van der Waals surface area contributed by atoms with Crippen molar-refractivity contribution in [3.05, 3.63) is 68.9 Å². The lowest BCUT2D eigenvalue weighted by molar-refractivity contribution is -0.131. The number of aromatic nitrogens is 1. The van der Waals surface area contributed by atoms with Crippen molar-refractivity contribution in [1.82, 2.24) is 15.2 Å². The van der Waals surface area contributed by atoms with E-state index in [0.29, 0.717) is 34.4 Å². The first-order valence-corrected chi connectivity index (χ1v) is 12.2. The number of hydrogen-bond acceptors (Lipinski definition) is 6. The highest BCUT2D eigenvalue weighted by molar-refractivity contribution is 7.14. The molecule has 0 unspecified atom stereocenters. The molecule has 3 heterocycles. The molecule has 7 nitrogen and oxygen atoms in total. The smallest absolute Gasteiger partial charge is 0.267 e. The van der Waals surface area contributed by atoms with E-state index in [1.165, 1.54) is 22.7 Å². The third-order valence-corrected chi connectivity index (χ3v) is 7.10. The molecule has 1 aliphatic rings. The van der Waals surface area contributed by atoms with Crippen molar-refractivity contribution in [1.29, 1.82) is 0 Å². The van der Waals surface area contributed by atoms with E-state index in [1.807, 2.05) is 47.5 Å². The van der Waals surface area contributed by atoms with E-state index in [2.05, 4.69) is 15.6 Å². The fraction of sp³-hybridized carbons (Fsp3) is 0.304. The first kappa shape index (κ1) is 22.2. The van der Waals surface area contributed by atoms with E-state index in [-0.39, 0.29) is 30.2 Å². The summed E-state index contributed by atoms with van der Waals surface area (Å²) < 4.78 is 0. The standard InChI is InChI=1S/C23H24N4O3S2/c1-15-5-2-3-6-18(15)21(29)24-16-8-10-27(11-9-16)20(28)13-17-14-32-23(25-17)26-22(30)19-7-4-12-31-19/h2-7,12,14,16H,8-11,13H2,1H3,(H,24,29)(H,25,26,30). The number of nitrogens with zero attached hydrogens (tertiary/aromatic N) is 2. The van der Waals surface area contributed by atoms with Gasteiger partial charge in [-0.3, -0.25) is 19.7 Å². The number of carbonyl (C=O) groups excluding carboxylic acids is 3. The lowest BCUT2D eigenvalue weighted by Crippen LogP contribution is -2.47. The van der Waals surface area contributed by atoms with E-state index >= 15 is 0 Å². The summed E-state index contributed by atoms with van der Waals surface area (Å²) in [4.78, 5) is 44.2. The van der Waals surface area contributed by atoms with Gasteiger partial charge in [-0.2, -0.15) is 0 Å². The molecular formula is C23H24N4O3S2. The molecule has 0 spiro atoms. The van der Waals surface area contributed by atoms with E-state index < -0.39 is 0 Å². The van der Waals surface area contributed by atoms with Crippen molar-refractivity contribution >= 4 is 45.5 Å². The van der Waals surface area contributed by atoms with Gasteiger partial charge in [0.1, 0.15) is 0 Å². The molecule has 1 aliphatic heterocycles. The van der Waals surface area contributed by atoms with Crippen molar-refractivity contribution in [3.8, 4) is 0 Å². The maximum Gasteiger partial charge on any atom is 0.267 e. The fourth-order valence-corrected chi connectivity index (χ4v) is 4.97. The number of thiazole rings is 1. The van der Waals surface area contributed by atoms with Crippen LogP contribution in [0.4, 0.5) is 5.13 Å². The van der Waals surface area contributed by atoms with Gasteiger partial charge in [0.25, 0.3) is 11.8 Å². The maximum atomic E-state index is 12.7. The van der Waals surface area contributed by atoms with Gasteiger partial charge in [0, 0.05) is 30.1 Å². The minimum atomic E-state index is -0.193. The van der Waals surface area contributed by atoms with Crippen LogP contribution in [0.3, 0.4) is 0 Å². The second-order valence-corrected chi connectivity index (χ2v) is 9.50. The Morgan fingerprint density at radius 3 is 2.56 bits per heavy atom. The molecule has 1 fully saturated rings. The second kappa shape index (κ2) is 10.1. The predicted molar refractivity (Wildman–Crippen MR) is 126 cm³/mol. The Morgan fingerprint density at radius 2 is 1.84 bits per heavy atom. The zero-order chi connectivity index (χ0) is 22.5. The highest BCUT2D eigenvalue weighted by atomic mass is 32.1. The number of benzene rings is 1. The van der Waals surface area contributed by atoms with E-state index in [9.17, 15) is 14.4 Å². The van der Waals surface area contributed by atoms with Crippen LogP contribution in [0, 0.1) is 6.92 Å². The zero-order valence-corrected chi connectivity index (χ0v) is 19.3. The molecule has 166 valence electrons. The number of piperidine rings is 1. The summed E-state index contributed by atoms with van der Waals surface area (Å²) >= 11 is 2.68. The third-order valence-electron chi connectivity index (χ3n) is 5.42. The Labute approximate surface area is 194 Å². The molecule has 2 N–H and O–H groups in total. The molecule has 0 saturated carbocycles. The van der Waals surface area contributed by atoms with Gasteiger partial charge in [-0.1, -0.05) is 24.3 Å². The number of likely N-dealkylation sites (tertiary alicyclic amines) is 1. The Hall–Kier alpha value is -3.04. The van der Waals surface area contributed by atoms with Crippen LogP contribution in [0.5, 0.6) is 0 Å². The average Bonchev–Trinajstić information content (AvgIpc) is 3.47. The fourth-order valence-electron chi connectivity index (χ4n) is 3.64. The van der Waals surface area contributed by atoms with Crippen molar-refractivity contribution in [2.45, 2.75) is 32.2 Å². The first-order valence-electron chi connectivity index (χ1n) is 10.4. The monoisotopic (exact) mass is 468 g/mol. The molecule has 4 rings (SSSR count). The molecule has 3 aromatic rings. The van der Waals surface area contributed by atoms with E-state index in [1.54, 1.807) is 11.4 Å². The van der Waals surface area contributed by atoms with Crippen LogP contribution < -0.4 is 10.6 Å². The molecular weight excluding hydrogens is 444 g/mol. The summed E-state index contributed by atoms with van der Waals surface area (Å²) in [6.07, 6.45) is 1.65. The quantitative estimate of drug-likeness (QED) is 0.577. The van der Waals surface area contributed by atoms with E-state index in [4.69, 9.17) is 0 Å². The minimum absolute atomic E-state index is 0.00936. The Bertz CT molecular complexity index is 1100. The summed E-state index contributed by atoms with van der Waals surface area (Å²) in [6, 6.07) is 11.2. The van der Waals surface area contributed by atoms with Gasteiger partial charge < -0.3 is 10.2 Å². The Morgan fingerprint density at radius 1 is 1.06 bits per heavy atom. The van der Waals surface area contributed by atoms with Crippen LogP contribution in [-0.2, 0) is 11.2 Å². The van der Waals surface area contributed by atoms with Crippen LogP contribution in [0.15, 0.2) is 47.2 Å². The average molecular weight is 469 g/mol. The number of hydrogen-bond donors (Lipinski definition) is 2. The SMILES string of the molecule is Cc1ccccc1C(=O)NC1CCN(C(=O)Cc2csc(NC(=O)c3cccs3)n2)CC1. The number of carbonyl (C=O) groups is 3. The van der Waals surface area contributed by atoms with Crippen LogP contribution in [0.25, 0.3) is 0 Å². The highest BCUT2D eigenvalue weighted by Gasteiger charge is 2.25. The predicted octanol–water partition coefficient (Wildman–Crippen LogP) is 3.73. The summed E-state index contributed by atoms with van der Waals surface area (Å²) in [6.45, 7) is 3.13. The number of rotatable bonds is 6. The van der Waals surface area contributed by atoms with Crippen LogP contribution in [0.1, 0.15) is 44.1 Å². The van der Waals surface area contributed by atoms with Crippen molar-refractivity contribution in [2.75, 3.05) is 18.4 Å². The van der Waals surface area contributed by atoms with Crippen LogP contribution >= 0.6 is 22.7 Å². The summed E-state index contributed by atoms with van der Waals surface area (Å²) in [5.41, 5.74) is 2.29. The van der Waals surface area contributed by atoms with Gasteiger partial charge in [-0.25, -0.2) is 4.98 Å². The molecule has 3 amide bonds.